The highest BCUT2D eigenvalue weighted by atomic mass is 19.1. The van der Waals surface area contributed by atoms with E-state index in [-0.39, 0.29) is 22.9 Å². The maximum Gasteiger partial charge on any atom is 0.291 e. The highest BCUT2D eigenvalue weighted by molar-refractivity contribution is 5.99. The van der Waals surface area contributed by atoms with Gasteiger partial charge >= 0.3 is 0 Å². The Bertz CT molecular complexity index is 1420. The number of rotatable bonds is 3. The lowest BCUT2D eigenvalue weighted by atomic mass is 9.96. The van der Waals surface area contributed by atoms with Crippen LogP contribution in [0.25, 0.3) is 11.0 Å². The van der Waals surface area contributed by atoms with Crippen LogP contribution >= 0.6 is 0 Å². The minimum absolute atomic E-state index is 0.0638. The summed E-state index contributed by atoms with van der Waals surface area (Å²) in [4.78, 5) is 28.8. The van der Waals surface area contributed by atoms with Gasteiger partial charge in [0.1, 0.15) is 11.4 Å². The van der Waals surface area contributed by atoms with E-state index in [9.17, 15) is 14.0 Å². The fraction of sp³-hybridized carbons (Fsp3) is 0.185. The first kappa shape index (κ1) is 20.2. The Balaban J connectivity index is 1.74. The van der Waals surface area contributed by atoms with Crippen molar-refractivity contribution in [2.24, 2.45) is 0 Å². The monoisotopic (exact) mass is 427 g/mol. The molecule has 0 radical (unpaired) electrons. The predicted octanol–water partition coefficient (Wildman–Crippen LogP) is 5.60. The summed E-state index contributed by atoms with van der Waals surface area (Å²) >= 11 is 0. The summed E-state index contributed by atoms with van der Waals surface area (Å²) < 4.78 is 19.7. The van der Waals surface area contributed by atoms with Gasteiger partial charge in [-0.15, -0.1) is 0 Å². The van der Waals surface area contributed by atoms with E-state index in [1.54, 1.807) is 23.1 Å². The molecule has 4 aromatic rings. The first-order valence-corrected chi connectivity index (χ1v) is 10.5. The van der Waals surface area contributed by atoms with Crippen molar-refractivity contribution in [2.45, 2.75) is 33.4 Å². The number of hydrogen-bond donors (Lipinski definition) is 0. The van der Waals surface area contributed by atoms with Crippen molar-refractivity contribution in [1.29, 1.82) is 0 Å². The van der Waals surface area contributed by atoms with Crippen molar-refractivity contribution < 1.29 is 13.6 Å². The van der Waals surface area contributed by atoms with Crippen LogP contribution in [0.1, 0.15) is 50.0 Å². The standard InChI is InChI=1S/C27H22FNO3/c1-15-4-6-18(7-5-15)14-29-24(19-8-10-20(28)11-9-19)23-25(30)22-17(3)12-16(2)13-21(22)32-26(23)27(29)31/h4-13,24H,14H2,1-3H3. The quantitative estimate of drug-likeness (QED) is 0.427. The smallest absolute Gasteiger partial charge is 0.291 e. The number of halogens is 1. The molecule has 5 heteroatoms. The molecule has 1 aromatic heterocycles. The van der Waals surface area contributed by atoms with Crippen LogP contribution in [-0.2, 0) is 6.54 Å². The van der Waals surface area contributed by atoms with Crippen LogP contribution in [0.4, 0.5) is 4.39 Å². The van der Waals surface area contributed by atoms with Crippen molar-refractivity contribution in [1.82, 2.24) is 4.90 Å². The minimum Gasteiger partial charge on any atom is -0.450 e. The van der Waals surface area contributed by atoms with Gasteiger partial charge in [-0.1, -0.05) is 48.0 Å². The van der Waals surface area contributed by atoms with E-state index in [2.05, 4.69) is 0 Å². The van der Waals surface area contributed by atoms with Crippen LogP contribution in [0.2, 0.25) is 0 Å². The Hall–Kier alpha value is -3.73. The molecule has 1 atom stereocenters. The van der Waals surface area contributed by atoms with E-state index in [0.29, 0.717) is 28.6 Å². The van der Waals surface area contributed by atoms with Crippen molar-refractivity contribution in [3.8, 4) is 0 Å². The Morgan fingerprint density at radius 2 is 1.59 bits per heavy atom. The van der Waals surface area contributed by atoms with E-state index in [1.165, 1.54) is 12.1 Å². The number of carbonyl (C=O) groups is 1. The molecule has 0 spiro atoms. The summed E-state index contributed by atoms with van der Waals surface area (Å²) in [5, 5.41) is 0.478. The van der Waals surface area contributed by atoms with Gasteiger partial charge in [0.15, 0.2) is 5.43 Å². The Labute approximate surface area is 184 Å². The Morgan fingerprint density at radius 1 is 0.906 bits per heavy atom. The second-order valence-corrected chi connectivity index (χ2v) is 8.50. The highest BCUT2D eigenvalue weighted by Gasteiger charge is 2.42. The van der Waals surface area contributed by atoms with Gasteiger partial charge in [-0.05, 0) is 61.2 Å². The van der Waals surface area contributed by atoms with E-state index >= 15 is 0 Å². The summed E-state index contributed by atoms with van der Waals surface area (Å²) in [5.74, 6) is -0.651. The first-order valence-electron chi connectivity index (χ1n) is 10.5. The minimum atomic E-state index is -0.652. The zero-order chi connectivity index (χ0) is 22.6. The molecule has 0 bridgehead atoms. The largest absolute Gasteiger partial charge is 0.450 e. The summed E-state index contributed by atoms with van der Waals surface area (Å²) in [7, 11) is 0. The maximum atomic E-state index is 13.7. The van der Waals surface area contributed by atoms with Crippen LogP contribution < -0.4 is 5.43 Å². The number of aryl methyl sites for hydroxylation is 3. The molecule has 160 valence electrons. The molecule has 0 N–H and O–H groups in total. The van der Waals surface area contributed by atoms with Crippen molar-refractivity contribution in [3.05, 3.63) is 116 Å². The van der Waals surface area contributed by atoms with E-state index in [4.69, 9.17) is 4.42 Å². The van der Waals surface area contributed by atoms with Gasteiger partial charge < -0.3 is 9.32 Å². The Morgan fingerprint density at radius 3 is 2.28 bits per heavy atom. The zero-order valence-electron chi connectivity index (χ0n) is 18.1. The van der Waals surface area contributed by atoms with E-state index in [0.717, 1.165) is 22.3 Å². The first-order chi connectivity index (χ1) is 15.3. The normalized spacial score (nSPS) is 15.4. The predicted molar refractivity (Wildman–Crippen MR) is 121 cm³/mol. The summed E-state index contributed by atoms with van der Waals surface area (Å²) in [6, 6.07) is 16.9. The molecule has 4 nitrogen and oxygen atoms in total. The molecule has 1 unspecified atom stereocenters. The molecular weight excluding hydrogens is 405 g/mol. The molecule has 2 heterocycles. The van der Waals surface area contributed by atoms with Crippen LogP contribution in [0.5, 0.6) is 0 Å². The molecular formula is C27H22FNO3. The molecule has 1 amide bonds. The average Bonchev–Trinajstić information content (AvgIpc) is 3.02. The van der Waals surface area contributed by atoms with Crippen molar-refractivity contribution >= 4 is 16.9 Å². The summed E-state index contributed by atoms with van der Waals surface area (Å²) in [5.41, 5.74) is 4.99. The van der Waals surface area contributed by atoms with Crippen LogP contribution in [-0.4, -0.2) is 10.8 Å². The lowest BCUT2D eigenvalue weighted by molar-refractivity contribution is 0.0714. The molecule has 0 saturated heterocycles. The third-order valence-corrected chi connectivity index (χ3v) is 6.07. The second kappa shape index (κ2) is 7.45. The van der Waals surface area contributed by atoms with Crippen LogP contribution in [0.15, 0.2) is 69.9 Å². The van der Waals surface area contributed by atoms with Crippen LogP contribution in [0.3, 0.4) is 0 Å². The van der Waals surface area contributed by atoms with Gasteiger partial charge in [-0.25, -0.2) is 4.39 Å². The number of hydrogen-bond acceptors (Lipinski definition) is 3. The fourth-order valence-electron chi connectivity index (χ4n) is 4.56. The van der Waals surface area contributed by atoms with E-state index in [1.807, 2.05) is 51.1 Å². The molecule has 0 saturated carbocycles. The molecule has 3 aromatic carbocycles. The summed E-state index contributed by atoms with van der Waals surface area (Å²) in [6.45, 7) is 6.10. The maximum absolute atomic E-state index is 13.7. The van der Waals surface area contributed by atoms with Gasteiger partial charge in [-0.2, -0.15) is 0 Å². The van der Waals surface area contributed by atoms with E-state index < -0.39 is 6.04 Å². The number of carbonyl (C=O) groups excluding carboxylic acids is 1. The Kier molecular flexibility index (Phi) is 4.70. The average molecular weight is 427 g/mol. The van der Waals surface area contributed by atoms with Gasteiger partial charge in [0.05, 0.1) is 17.0 Å². The molecule has 5 rings (SSSR count). The van der Waals surface area contributed by atoms with Crippen molar-refractivity contribution in [2.75, 3.05) is 0 Å². The molecule has 1 aliphatic heterocycles. The molecule has 0 fully saturated rings. The zero-order valence-corrected chi connectivity index (χ0v) is 18.1. The summed E-state index contributed by atoms with van der Waals surface area (Å²) in [6.07, 6.45) is 0. The van der Waals surface area contributed by atoms with Gasteiger partial charge in [0.2, 0.25) is 5.76 Å². The lowest BCUT2D eigenvalue weighted by Crippen LogP contribution is -2.29. The fourth-order valence-corrected chi connectivity index (χ4v) is 4.56. The highest BCUT2D eigenvalue weighted by Crippen LogP contribution is 2.39. The molecule has 0 aliphatic carbocycles. The second-order valence-electron chi connectivity index (χ2n) is 8.50. The van der Waals surface area contributed by atoms with Gasteiger partial charge in [0, 0.05) is 6.54 Å². The van der Waals surface area contributed by atoms with Gasteiger partial charge in [0.25, 0.3) is 5.91 Å². The number of amides is 1. The third-order valence-electron chi connectivity index (χ3n) is 6.07. The molecule has 32 heavy (non-hydrogen) atoms. The van der Waals surface area contributed by atoms with Gasteiger partial charge in [-0.3, -0.25) is 9.59 Å². The SMILES string of the molecule is Cc1ccc(CN2C(=O)c3oc4cc(C)cc(C)c4c(=O)c3C2c2ccc(F)cc2)cc1. The lowest BCUT2D eigenvalue weighted by Gasteiger charge is -2.25. The topological polar surface area (TPSA) is 50.5 Å². The third kappa shape index (κ3) is 3.21. The van der Waals surface area contributed by atoms with Crippen LogP contribution in [0, 0.1) is 26.6 Å². The number of nitrogens with zero attached hydrogens (tertiary/aromatic N) is 1. The molecule has 1 aliphatic rings. The number of fused-ring (bicyclic) bond motifs is 2. The van der Waals surface area contributed by atoms with Crippen molar-refractivity contribution in [3.63, 3.8) is 0 Å². The number of benzene rings is 3.